The van der Waals surface area contributed by atoms with Crippen LogP contribution in [0.1, 0.15) is 10.4 Å². The SMILES string of the molecule is COc1ccc(Cl)c2sc(NC(=O)c3cccc(SC)c3)nc12. The van der Waals surface area contributed by atoms with Crippen molar-refractivity contribution < 1.29 is 9.53 Å². The standard InChI is InChI=1S/C16H13ClN2O2S2/c1-21-12-7-6-11(17)14-13(12)18-16(23-14)19-15(20)9-4-3-5-10(8-9)22-2/h3-8H,1-2H3,(H,18,19,20). The van der Waals surface area contributed by atoms with Crippen LogP contribution in [0, 0.1) is 0 Å². The third-order valence-electron chi connectivity index (χ3n) is 3.23. The van der Waals surface area contributed by atoms with Gasteiger partial charge in [0.25, 0.3) is 5.91 Å². The van der Waals surface area contributed by atoms with E-state index in [0.29, 0.717) is 27.0 Å². The van der Waals surface area contributed by atoms with Crippen LogP contribution in [0.15, 0.2) is 41.3 Å². The molecule has 1 heterocycles. The Balaban J connectivity index is 1.92. The molecule has 0 spiro atoms. The smallest absolute Gasteiger partial charge is 0.257 e. The highest BCUT2D eigenvalue weighted by Crippen LogP contribution is 2.37. The summed E-state index contributed by atoms with van der Waals surface area (Å²) in [4.78, 5) is 17.8. The maximum Gasteiger partial charge on any atom is 0.257 e. The maximum atomic E-state index is 12.4. The molecule has 0 aliphatic heterocycles. The minimum absolute atomic E-state index is 0.199. The zero-order valence-corrected chi connectivity index (χ0v) is 14.8. The maximum absolute atomic E-state index is 12.4. The molecule has 3 aromatic rings. The molecule has 0 saturated heterocycles. The first kappa shape index (κ1) is 16.1. The van der Waals surface area contributed by atoms with E-state index >= 15 is 0 Å². The highest BCUT2D eigenvalue weighted by Gasteiger charge is 2.14. The quantitative estimate of drug-likeness (QED) is 0.667. The molecule has 1 amide bonds. The fourth-order valence-corrected chi connectivity index (χ4v) is 3.71. The van der Waals surface area contributed by atoms with E-state index in [0.717, 1.165) is 9.60 Å². The Morgan fingerprint density at radius 2 is 2.17 bits per heavy atom. The lowest BCUT2D eigenvalue weighted by molar-refractivity contribution is 0.102. The zero-order valence-electron chi connectivity index (χ0n) is 12.4. The van der Waals surface area contributed by atoms with E-state index in [1.165, 1.54) is 11.3 Å². The molecule has 0 unspecified atom stereocenters. The van der Waals surface area contributed by atoms with Crippen molar-refractivity contribution in [2.24, 2.45) is 0 Å². The van der Waals surface area contributed by atoms with E-state index in [1.807, 2.05) is 24.5 Å². The average molecular weight is 365 g/mol. The van der Waals surface area contributed by atoms with Crippen molar-refractivity contribution in [3.05, 3.63) is 47.0 Å². The van der Waals surface area contributed by atoms with Gasteiger partial charge in [-0.05, 0) is 36.6 Å². The minimum atomic E-state index is -0.199. The normalized spacial score (nSPS) is 10.7. The van der Waals surface area contributed by atoms with E-state index < -0.39 is 0 Å². The molecule has 23 heavy (non-hydrogen) atoms. The van der Waals surface area contributed by atoms with E-state index in [2.05, 4.69) is 10.3 Å². The van der Waals surface area contributed by atoms with Gasteiger partial charge in [-0.2, -0.15) is 0 Å². The van der Waals surface area contributed by atoms with Crippen molar-refractivity contribution >= 4 is 56.0 Å². The number of rotatable bonds is 4. The molecule has 1 aromatic heterocycles. The van der Waals surface area contributed by atoms with Gasteiger partial charge in [-0.15, -0.1) is 11.8 Å². The Morgan fingerprint density at radius 1 is 1.35 bits per heavy atom. The lowest BCUT2D eigenvalue weighted by Gasteiger charge is -2.03. The van der Waals surface area contributed by atoms with Crippen molar-refractivity contribution in [3.63, 3.8) is 0 Å². The summed E-state index contributed by atoms with van der Waals surface area (Å²) < 4.78 is 6.08. The first-order chi connectivity index (χ1) is 11.1. The number of ether oxygens (including phenoxy) is 1. The number of benzene rings is 2. The van der Waals surface area contributed by atoms with Crippen LogP contribution in [0.5, 0.6) is 5.75 Å². The number of nitrogens with zero attached hydrogens (tertiary/aromatic N) is 1. The van der Waals surface area contributed by atoms with Crippen LogP contribution < -0.4 is 10.1 Å². The number of anilines is 1. The van der Waals surface area contributed by atoms with Crippen molar-refractivity contribution in [2.45, 2.75) is 4.90 Å². The molecular weight excluding hydrogens is 352 g/mol. The number of nitrogens with one attached hydrogen (secondary N) is 1. The molecule has 2 aromatic carbocycles. The fourth-order valence-electron chi connectivity index (χ4n) is 2.10. The summed E-state index contributed by atoms with van der Waals surface area (Å²) in [5.41, 5.74) is 1.24. The van der Waals surface area contributed by atoms with Gasteiger partial charge in [-0.25, -0.2) is 4.98 Å². The molecule has 4 nitrogen and oxygen atoms in total. The third kappa shape index (κ3) is 3.29. The van der Waals surface area contributed by atoms with Crippen LogP contribution in [0.4, 0.5) is 5.13 Å². The van der Waals surface area contributed by atoms with Crippen molar-refractivity contribution in [1.82, 2.24) is 4.98 Å². The molecule has 0 saturated carbocycles. The summed E-state index contributed by atoms with van der Waals surface area (Å²) in [6, 6.07) is 11.0. The van der Waals surface area contributed by atoms with Gasteiger partial charge in [0.1, 0.15) is 11.3 Å². The van der Waals surface area contributed by atoms with Gasteiger partial charge in [0.05, 0.1) is 16.8 Å². The highest BCUT2D eigenvalue weighted by molar-refractivity contribution is 7.98. The zero-order chi connectivity index (χ0) is 16.4. The lowest BCUT2D eigenvalue weighted by atomic mass is 10.2. The van der Waals surface area contributed by atoms with E-state index in [1.54, 1.807) is 37.1 Å². The molecule has 0 atom stereocenters. The first-order valence-electron chi connectivity index (χ1n) is 6.71. The Morgan fingerprint density at radius 3 is 2.91 bits per heavy atom. The number of carbonyl (C=O) groups excluding carboxylic acids is 1. The largest absolute Gasteiger partial charge is 0.494 e. The molecule has 0 fully saturated rings. The summed E-state index contributed by atoms with van der Waals surface area (Å²) in [7, 11) is 1.58. The van der Waals surface area contributed by atoms with Gasteiger partial charge < -0.3 is 4.74 Å². The number of aromatic nitrogens is 1. The van der Waals surface area contributed by atoms with Gasteiger partial charge in [0.15, 0.2) is 5.13 Å². The molecule has 0 aliphatic rings. The number of fused-ring (bicyclic) bond motifs is 1. The summed E-state index contributed by atoms with van der Waals surface area (Å²) >= 11 is 9.11. The molecule has 0 bridgehead atoms. The predicted molar refractivity (Wildman–Crippen MR) is 97.4 cm³/mol. The van der Waals surface area contributed by atoms with E-state index in [9.17, 15) is 4.79 Å². The van der Waals surface area contributed by atoms with Crippen molar-refractivity contribution in [1.29, 1.82) is 0 Å². The van der Waals surface area contributed by atoms with Gasteiger partial charge in [0, 0.05) is 10.5 Å². The Labute approximate surface area is 146 Å². The number of methoxy groups -OCH3 is 1. The van der Waals surface area contributed by atoms with Crippen molar-refractivity contribution in [2.75, 3.05) is 18.7 Å². The van der Waals surface area contributed by atoms with Gasteiger partial charge in [-0.3, -0.25) is 10.1 Å². The number of halogens is 1. The Kier molecular flexibility index (Phi) is 4.75. The number of carbonyl (C=O) groups is 1. The molecule has 0 radical (unpaired) electrons. The highest BCUT2D eigenvalue weighted by atomic mass is 35.5. The second-order valence-corrected chi connectivity index (χ2v) is 6.92. The van der Waals surface area contributed by atoms with Crippen LogP contribution in [0.25, 0.3) is 10.2 Å². The molecule has 7 heteroatoms. The molecule has 1 N–H and O–H groups in total. The topological polar surface area (TPSA) is 51.2 Å². The molecule has 3 rings (SSSR count). The number of hydrogen-bond donors (Lipinski definition) is 1. The Hall–Kier alpha value is -1.76. The van der Waals surface area contributed by atoms with Gasteiger partial charge >= 0.3 is 0 Å². The van der Waals surface area contributed by atoms with Crippen molar-refractivity contribution in [3.8, 4) is 5.75 Å². The Bertz CT molecular complexity index is 880. The fraction of sp³-hybridized carbons (Fsp3) is 0.125. The summed E-state index contributed by atoms with van der Waals surface area (Å²) in [5, 5.41) is 3.90. The number of thioether (sulfide) groups is 1. The molecule has 0 aliphatic carbocycles. The van der Waals surface area contributed by atoms with E-state index in [-0.39, 0.29) is 5.91 Å². The monoisotopic (exact) mass is 364 g/mol. The van der Waals surface area contributed by atoms with E-state index in [4.69, 9.17) is 16.3 Å². The minimum Gasteiger partial charge on any atom is -0.494 e. The number of amides is 1. The van der Waals surface area contributed by atoms with Crippen LogP contribution in [0.2, 0.25) is 5.02 Å². The lowest BCUT2D eigenvalue weighted by Crippen LogP contribution is -2.11. The summed E-state index contributed by atoms with van der Waals surface area (Å²) in [6.45, 7) is 0. The predicted octanol–water partition coefficient (Wildman–Crippen LogP) is 4.93. The first-order valence-corrected chi connectivity index (χ1v) is 9.12. The number of hydrogen-bond acceptors (Lipinski definition) is 5. The van der Waals surface area contributed by atoms with Crippen LogP contribution in [-0.4, -0.2) is 24.3 Å². The second kappa shape index (κ2) is 6.78. The van der Waals surface area contributed by atoms with Crippen LogP contribution in [0.3, 0.4) is 0 Å². The molecular formula is C16H13ClN2O2S2. The van der Waals surface area contributed by atoms with Crippen LogP contribution >= 0.6 is 34.7 Å². The summed E-state index contributed by atoms with van der Waals surface area (Å²) in [6.07, 6.45) is 1.97. The summed E-state index contributed by atoms with van der Waals surface area (Å²) in [5.74, 6) is 0.431. The van der Waals surface area contributed by atoms with Gasteiger partial charge in [-0.1, -0.05) is 29.0 Å². The molecule has 118 valence electrons. The number of thiazole rings is 1. The third-order valence-corrected chi connectivity index (χ3v) is 5.39. The second-order valence-electron chi connectivity index (χ2n) is 4.63. The average Bonchev–Trinajstić information content (AvgIpc) is 3.00. The van der Waals surface area contributed by atoms with Crippen LogP contribution in [-0.2, 0) is 0 Å². The van der Waals surface area contributed by atoms with Gasteiger partial charge in [0.2, 0.25) is 0 Å².